The lowest BCUT2D eigenvalue weighted by Crippen LogP contribution is -2.19. The molecule has 0 amide bonds. The Morgan fingerprint density at radius 2 is 2.10 bits per heavy atom. The van der Waals surface area contributed by atoms with Gasteiger partial charge in [-0.2, -0.15) is 5.26 Å². The summed E-state index contributed by atoms with van der Waals surface area (Å²) in [5, 5.41) is 8.78. The lowest BCUT2D eigenvalue weighted by molar-refractivity contribution is -0.275. The van der Waals surface area contributed by atoms with Crippen LogP contribution in [0.25, 0.3) is 0 Å². The van der Waals surface area contributed by atoms with Crippen LogP contribution in [-0.4, -0.2) is 19.4 Å². The summed E-state index contributed by atoms with van der Waals surface area (Å²) in [6, 6.07) is 3.90. The van der Waals surface area contributed by atoms with E-state index in [0.717, 1.165) is 13.2 Å². The summed E-state index contributed by atoms with van der Waals surface area (Å²) in [5.41, 5.74) is 0.104. The van der Waals surface area contributed by atoms with E-state index in [1.807, 2.05) is 0 Å². The number of hydrogen-bond donors (Lipinski definition) is 0. The summed E-state index contributed by atoms with van der Waals surface area (Å²) in [4.78, 5) is 11.3. The third kappa shape index (κ3) is 4.31. The van der Waals surface area contributed by atoms with Gasteiger partial charge in [0.1, 0.15) is 5.75 Å². The van der Waals surface area contributed by atoms with E-state index >= 15 is 0 Å². The fourth-order valence-electron chi connectivity index (χ4n) is 1.52. The molecular formula is C12H9ClF3NO3. The second-order valence-electron chi connectivity index (χ2n) is 3.66. The van der Waals surface area contributed by atoms with Gasteiger partial charge in [-0.15, -0.1) is 24.8 Å². The van der Waals surface area contributed by atoms with Gasteiger partial charge >= 0.3 is 12.3 Å². The molecular weight excluding hydrogens is 299 g/mol. The van der Waals surface area contributed by atoms with Crippen molar-refractivity contribution < 1.29 is 27.4 Å². The van der Waals surface area contributed by atoms with Gasteiger partial charge in [-0.25, -0.2) is 0 Å². The number of halogens is 4. The number of ether oxygens (including phenoxy) is 2. The Bertz CT molecular complexity index is 552. The number of nitrogens with zero attached hydrogens (tertiary/aromatic N) is 1. The number of nitriles is 1. The number of benzene rings is 1. The number of rotatable bonds is 4. The van der Waals surface area contributed by atoms with Crippen molar-refractivity contribution in [3.05, 3.63) is 28.8 Å². The van der Waals surface area contributed by atoms with Crippen LogP contribution in [0.15, 0.2) is 12.1 Å². The van der Waals surface area contributed by atoms with Gasteiger partial charge in [-0.05, 0) is 17.7 Å². The fourth-order valence-corrected chi connectivity index (χ4v) is 1.76. The number of methoxy groups -OCH3 is 1. The smallest absolute Gasteiger partial charge is 0.469 e. The summed E-state index contributed by atoms with van der Waals surface area (Å²) in [6.07, 6.45) is -5.38. The summed E-state index contributed by atoms with van der Waals surface area (Å²) >= 11 is 5.63. The molecule has 1 aromatic rings. The van der Waals surface area contributed by atoms with Gasteiger partial charge in [0.15, 0.2) is 0 Å². The van der Waals surface area contributed by atoms with Crippen molar-refractivity contribution in [1.82, 2.24) is 0 Å². The molecule has 108 valence electrons. The molecule has 20 heavy (non-hydrogen) atoms. The molecule has 0 atom stereocenters. The monoisotopic (exact) mass is 307 g/mol. The van der Waals surface area contributed by atoms with Gasteiger partial charge in [0.2, 0.25) is 0 Å². The molecule has 8 heteroatoms. The van der Waals surface area contributed by atoms with Crippen molar-refractivity contribution >= 4 is 17.6 Å². The first-order valence-electron chi connectivity index (χ1n) is 5.25. The quantitative estimate of drug-likeness (QED) is 0.634. The zero-order chi connectivity index (χ0) is 15.3. The van der Waals surface area contributed by atoms with Crippen LogP contribution < -0.4 is 4.74 Å². The predicted molar refractivity (Wildman–Crippen MR) is 63.1 cm³/mol. The maximum absolute atomic E-state index is 12.4. The van der Waals surface area contributed by atoms with Crippen molar-refractivity contribution in [3.8, 4) is 11.8 Å². The van der Waals surface area contributed by atoms with Gasteiger partial charge in [0.05, 0.1) is 25.2 Å². The van der Waals surface area contributed by atoms with Crippen molar-refractivity contribution in [2.45, 2.75) is 18.7 Å². The molecule has 0 radical (unpaired) electrons. The van der Waals surface area contributed by atoms with Gasteiger partial charge in [-0.3, -0.25) is 4.79 Å². The van der Waals surface area contributed by atoms with Crippen molar-refractivity contribution in [2.24, 2.45) is 0 Å². The Kier molecular flexibility index (Phi) is 5.22. The molecule has 0 fully saturated rings. The van der Waals surface area contributed by atoms with Crippen LogP contribution in [-0.2, 0) is 21.8 Å². The Morgan fingerprint density at radius 3 is 2.55 bits per heavy atom. The van der Waals surface area contributed by atoms with Gasteiger partial charge in [0.25, 0.3) is 0 Å². The molecule has 0 aliphatic heterocycles. The molecule has 0 aromatic heterocycles. The van der Waals surface area contributed by atoms with E-state index < -0.39 is 24.5 Å². The standard InChI is InChI=1S/C12H9ClF3NO3/c1-19-11(18)4-9-8(5-13)2-7(6-17)3-10(9)20-12(14,15)16/h2-3H,4-5H2,1H3. The molecule has 0 bridgehead atoms. The highest BCUT2D eigenvalue weighted by Crippen LogP contribution is 2.31. The van der Waals surface area contributed by atoms with Gasteiger partial charge < -0.3 is 9.47 Å². The van der Waals surface area contributed by atoms with Gasteiger partial charge in [-0.1, -0.05) is 0 Å². The van der Waals surface area contributed by atoms with E-state index in [2.05, 4.69) is 9.47 Å². The molecule has 4 nitrogen and oxygen atoms in total. The third-order valence-electron chi connectivity index (χ3n) is 2.35. The first-order valence-corrected chi connectivity index (χ1v) is 5.78. The number of esters is 1. The maximum Gasteiger partial charge on any atom is 0.573 e. The van der Waals surface area contributed by atoms with E-state index in [1.165, 1.54) is 6.07 Å². The topological polar surface area (TPSA) is 59.3 Å². The highest BCUT2D eigenvalue weighted by atomic mass is 35.5. The average Bonchev–Trinajstić information content (AvgIpc) is 2.38. The molecule has 0 aliphatic rings. The van der Waals surface area contributed by atoms with Crippen LogP contribution in [0.4, 0.5) is 13.2 Å². The normalized spacial score (nSPS) is 10.8. The van der Waals surface area contributed by atoms with Crippen LogP contribution in [0.3, 0.4) is 0 Å². The Balaban J connectivity index is 3.35. The second kappa shape index (κ2) is 6.48. The number of carbonyl (C=O) groups excluding carboxylic acids is 1. The van der Waals surface area contributed by atoms with Crippen molar-refractivity contribution in [2.75, 3.05) is 7.11 Å². The fraction of sp³-hybridized carbons (Fsp3) is 0.333. The first kappa shape index (κ1) is 16.1. The van der Waals surface area contributed by atoms with Crippen LogP contribution >= 0.6 is 11.6 Å². The third-order valence-corrected chi connectivity index (χ3v) is 2.64. The lowest BCUT2D eigenvalue weighted by Gasteiger charge is -2.16. The first-order chi connectivity index (χ1) is 9.30. The number of hydrogen-bond acceptors (Lipinski definition) is 4. The van der Waals surface area contributed by atoms with E-state index in [1.54, 1.807) is 6.07 Å². The molecule has 0 spiro atoms. The Hall–Kier alpha value is -1.94. The summed E-state index contributed by atoms with van der Waals surface area (Å²) < 4.78 is 45.3. The van der Waals surface area contributed by atoms with Gasteiger partial charge in [0, 0.05) is 11.4 Å². The van der Waals surface area contributed by atoms with Crippen LogP contribution in [0.2, 0.25) is 0 Å². The molecule has 0 N–H and O–H groups in total. The van der Waals surface area contributed by atoms with Crippen LogP contribution in [0.5, 0.6) is 5.75 Å². The second-order valence-corrected chi connectivity index (χ2v) is 3.93. The van der Waals surface area contributed by atoms with E-state index in [0.29, 0.717) is 0 Å². The minimum Gasteiger partial charge on any atom is -0.469 e. The van der Waals surface area contributed by atoms with Crippen molar-refractivity contribution in [3.63, 3.8) is 0 Å². The summed E-state index contributed by atoms with van der Waals surface area (Å²) in [7, 11) is 1.11. The average molecular weight is 308 g/mol. The highest BCUT2D eigenvalue weighted by molar-refractivity contribution is 6.17. The van der Waals surface area contributed by atoms with Crippen molar-refractivity contribution in [1.29, 1.82) is 5.26 Å². The number of alkyl halides is 4. The molecule has 0 saturated carbocycles. The van der Waals surface area contributed by atoms with Crippen LogP contribution in [0.1, 0.15) is 16.7 Å². The zero-order valence-electron chi connectivity index (χ0n) is 10.3. The van der Waals surface area contributed by atoms with E-state index in [4.69, 9.17) is 16.9 Å². The van der Waals surface area contributed by atoms with E-state index in [9.17, 15) is 18.0 Å². The Labute approximate surface area is 117 Å². The minimum atomic E-state index is -4.94. The Morgan fingerprint density at radius 1 is 1.45 bits per heavy atom. The SMILES string of the molecule is COC(=O)Cc1c(CCl)cc(C#N)cc1OC(F)(F)F. The predicted octanol–water partition coefficient (Wildman–Crippen LogP) is 2.91. The molecule has 1 rings (SSSR count). The zero-order valence-corrected chi connectivity index (χ0v) is 11.0. The summed E-state index contributed by atoms with van der Waals surface area (Å²) in [6.45, 7) is 0. The maximum atomic E-state index is 12.4. The largest absolute Gasteiger partial charge is 0.573 e. The lowest BCUT2D eigenvalue weighted by atomic mass is 10.0. The minimum absolute atomic E-state index is 0.0477. The van der Waals surface area contributed by atoms with E-state index in [-0.39, 0.29) is 22.6 Å². The molecule has 0 unspecified atom stereocenters. The molecule has 1 aromatic carbocycles. The van der Waals surface area contributed by atoms with Crippen LogP contribution in [0, 0.1) is 11.3 Å². The highest BCUT2D eigenvalue weighted by Gasteiger charge is 2.33. The molecule has 0 heterocycles. The molecule has 0 aliphatic carbocycles. The molecule has 0 saturated heterocycles. The number of carbonyl (C=O) groups is 1. The summed E-state index contributed by atoms with van der Waals surface area (Å²) in [5.74, 6) is -1.54.